The van der Waals surface area contributed by atoms with Crippen molar-refractivity contribution < 1.29 is 36.0 Å². The zero-order valence-electron chi connectivity index (χ0n) is 11.4. The van der Waals surface area contributed by atoms with Gasteiger partial charge in [0.15, 0.2) is 0 Å². The summed E-state index contributed by atoms with van der Waals surface area (Å²) in [6.45, 7) is 0. The van der Waals surface area contributed by atoms with E-state index in [-0.39, 0.29) is 34.9 Å². The normalized spacial score (nSPS) is 11.9. The van der Waals surface area contributed by atoms with Gasteiger partial charge in [0.25, 0.3) is 20.2 Å². The summed E-state index contributed by atoms with van der Waals surface area (Å²) >= 11 is 0. The van der Waals surface area contributed by atoms with Gasteiger partial charge >= 0.3 is 5.69 Å². The van der Waals surface area contributed by atoms with Crippen LogP contribution in [-0.4, -0.2) is 65.5 Å². The van der Waals surface area contributed by atoms with Gasteiger partial charge in [0.2, 0.25) is 5.75 Å². The van der Waals surface area contributed by atoms with Gasteiger partial charge in [-0.15, -0.1) is 0 Å². The zero-order valence-corrected chi connectivity index (χ0v) is 15.0. The largest absolute Gasteiger partial charge is 0.502 e. The Morgan fingerprint density at radius 1 is 0.957 bits per heavy atom. The molecule has 0 aliphatic carbocycles. The maximum Gasteiger partial charge on any atom is 0.312 e. The molecule has 3 N–H and O–H groups in total. The Labute approximate surface area is 151 Å². The molecular weight excluding hydrogens is 365 g/mol. The summed E-state index contributed by atoms with van der Waals surface area (Å²) in [7, 11) is -9.64. The van der Waals surface area contributed by atoms with Crippen molar-refractivity contribution in [1.82, 2.24) is 0 Å². The monoisotopic (exact) mass is 372 g/mol. The fraction of sp³-hybridized carbons (Fsp3) is 0. The van der Waals surface area contributed by atoms with Crippen LogP contribution in [0, 0.1) is 10.1 Å². The summed E-state index contributed by atoms with van der Waals surface area (Å²) in [5, 5.41) is 19.7. The summed E-state index contributed by atoms with van der Waals surface area (Å²) in [5.41, 5.74) is -0.986. The third-order valence-corrected chi connectivity index (χ3v) is 4.54. The number of benzene rings is 2. The van der Waals surface area contributed by atoms with Crippen molar-refractivity contribution in [1.29, 1.82) is 0 Å². The first-order valence-corrected chi connectivity index (χ1v) is 8.20. The number of hydrogen-bond acceptors (Lipinski definition) is 7. The molecule has 2 rings (SSSR count). The van der Waals surface area contributed by atoms with Gasteiger partial charge in [0, 0.05) is 46.4 Å². The maximum absolute atomic E-state index is 11.3. The molecule has 13 heteroatoms. The molecule has 0 saturated carbocycles. The van der Waals surface area contributed by atoms with Crippen LogP contribution in [0.2, 0.25) is 0 Å². The SMILES string of the molecule is O=[N+]([O-])c1cc(S(=O)(=O)O)c2cc(S(=O)(=O)O)ccc2c1O.[Na]. The number of nitrogens with zero attached hydrogens (tertiary/aromatic N) is 1. The van der Waals surface area contributed by atoms with E-state index in [9.17, 15) is 32.1 Å². The van der Waals surface area contributed by atoms with E-state index in [0.29, 0.717) is 12.1 Å². The van der Waals surface area contributed by atoms with E-state index >= 15 is 0 Å². The number of rotatable bonds is 3. The van der Waals surface area contributed by atoms with E-state index in [1.54, 1.807) is 0 Å². The second-order valence-corrected chi connectivity index (χ2v) is 6.97. The quantitative estimate of drug-likeness (QED) is 0.301. The molecule has 23 heavy (non-hydrogen) atoms. The van der Waals surface area contributed by atoms with Crippen LogP contribution in [0.3, 0.4) is 0 Å². The summed E-state index contributed by atoms with van der Waals surface area (Å²) in [6.07, 6.45) is 0. The topological polar surface area (TPSA) is 172 Å². The van der Waals surface area contributed by atoms with Gasteiger partial charge in [0.05, 0.1) is 9.82 Å². The molecule has 0 aliphatic rings. The van der Waals surface area contributed by atoms with Crippen LogP contribution in [0.15, 0.2) is 34.1 Å². The molecule has 10 nitrogen and oxygen atoms in total. The average molecular weight is 372 g/mol. The number of aromatic hydroxyl groups is 1. The first kappa shape index (κ1) is 19.8. The summed E-state index contributed by atoms with van der Waals surface area (Å²) in [6, 6.07) is 2.74. The molecule has 0 saturated heterocycles. The molecule has 0 aromatic heterocycles. The standard InChI is InChI=1S/C10H7NO9S2.Na/c12-10-6-2-1-5(21(15,16)17)3-7(6)9(22(18,19)20)4-8(10)11(13)14;/h1-4,12H,(H,15,16,17)(H,18,19,20);. The molecular formula is C10H7NNaO9S2. The van der Waals surface area contributed by atoms with Crippen molar-refractivity contribution in [2.75, 3.05) is 0 Å². The number of hydrogen-bond donors (Lipinski definition) is 3. The van der Waals surface area contributed by atoms with Crippen LogP contribution < -0.4 is 0 Å². The van der Waals surface area contributed by atoms with Gasteiger partial charge in [-0.05, 0) is 18.2 Å². The van der Waals surface area contributed by atoms with E-state index in [4.69, 9.17) is 9.11 Å². The second kappa shape index (κ2) is 6.32. The van der Waals surface area contributed by atoms with Gasteiger partial charge in [-0.1, -0.05) is 0 Å². The molecule has 0 bridgehead atoms. The molecule has 0 amide bonds. The maximum atomic E-state index is 11.3. The second-order valence-electron chi connectivity index (χ2n) is 4.16. The summed E-state index contributed by atoms with van der Waals surface area (Å²) < 4.78 is 62.9. The smallest absolute Gasteiger partial charge is 0.312 e. The number of phenols is 1. The minimum absolute atomic E-state index is 0. The number of nitro benzene ring substituents is 1. The summed E-state index contributed by atoms with van der Waals surface area (Å²) in [4.78, 5) is 8.05. The van der Waals surface area contributed by atoms with Crippen molar-refractivity contribution in [3.05, 3.63) is 34.4 Å². The van der Waals surface area contributed by atoms with Crippen molar-refractivity contribution in [3.63, 3.8) is 0 Å². The fourth-order valence-corrected chi connectivity index (χ4v) is 3.07. The van der Waals surface area contributed by atoms with E-state index in [1.165, 1.54) is 0 Å². The number of nitro groups is 1. The average Bonchev–Trinajstić information content (AvgIpc) is 2.35. The van der Waals surface area contributed by atoms with Crippen molar-refractivity contribution in [2.24, 2.45) is 0 Å². The van der Waals surface area contributed by atoms with E-state index in [2.05, 4.69) is 0 Å². The molecule has 0 aliphatic heterocycles. The Hall–Kier alpha value is -1.28. The van der Waals surface area contributed by atoms with E-state index in [0.717, 1.165) is 12.1 Å². The number of phenolic OH excluding ortho intramolecular Hbond substituents is 1. The molecule has 0 spiro atoms. The van der Waals surface area contributed by atoms with Gasteiger partial charge in [-0.25, -0.2) is 0 Å². The van der Waals surface area contributed by atoms with Crippen molar-refractivity contribution in [3.8, 4) is 5.75 Å². The predicted molar refractivity (Wildman–Crippen MR) is 77.7 cm³/mol. The Morgan fingerprint density at radius 3 is 1.96 bits per heavy atom. The van der Waals surface area contributed by atoms with Gasteiger partial charge in [0.1, 0.15) is 4.90 Å². The van der Waals surface area contributed by atoms with Crippen LogP contribution in [0.1, 0.15) is 0 Å². The minimum Gasteiger partial charge on any atom is -0.502 e. The molecule has 2 aromatic rings. The Morgan fingerprint density at radius 2 is 1.52 bits per heavy atom. The fourth-order valence-electron chi connectivity index (χ4n) is 1.86. The molecule has 0 heterocycles. The van der Waals surface area contributed by atoms with Crippen LogP contribution in [0.4, 0.5) is 5.69 Å². The molecule has 119 valence electrons. The van der Waals surface area contributed by atoms with E-state index in [1.807, 2.05) is 0 Å². The van der Waals surface area contributed by atoms with Gasteiger partial charge in [-0.2, -0.15) is 16.8 Å². The van der Waals surface area contributed by atoms with Crippen molar-refractivity contribution >= 4 is 66.3 Å². The predicted octanol–water partition coefficient (Wildman–Crippen LogP) is 0.566. The van der Waals surface area contributed by atoms with E-state index < -0.39 is 51.8 Å². The Balaban J connectivity index is 0.00000264. The minimum atomic E-state index is -4.96. The van der Waals surface area contributed by atoms with Crippen LogP contribution in [-0.2, 0) is 20.2 Å². The molecule has 2 aromatic carbocycles. The molecule has 0 unspecified atom stereocenters. The molecule has 0 atom stereocenters. The van der Waals surface area contributed by atoms with Gasteiger partial charge < -0.3 is 5.11 Å². The number of fused-ring (bicyclic) bond motifs is 1. The van der Waals surface area contributed by atoms with Gasteiger partial charge in [-0.3, -0.25) is 19.2 Å². The van der Waals surface area contributed by atoms with Crippen LogP contribution in [0.25, 0.3) is 10.8 Å². The van der Waals surface area contributed by atoms with Crippen LogP contribution in [0.5, 0.6) is 5.75 Å². The third kappa shape index (κ3) is 3.80. The first-order valence-electron chi connectivity index (χ1n) is 5.32. The summed E-state index contributed by atoms with van der Waals surface area (Å²) in [5.74, 6) is -0.908. The zero-order chi connectivity index (χ0) is 16.9. The third-order valence-electron chi connectivity index (χ3n) is 2.79. The molecule has 1 radical (unpaired) electrons. The van der Waals surface area contributed by atoms with Crippen molar-refractivity contribution in [2.45, 2.75) is 9.79 Å². The molecule has 0 fully saturated rings. The van der Waals surface area contributed by atoms with Crippen LogP contribution >= 0.6 is 0 Å². The Bertz CT molecular complexity index is 1010. The first-order chi connectivity index (χ1) is 9.93. The Kier molecular flexibility index (Phi) is 5.43.